The fraction of sp³-hybridized carbons (Fsp3) is 0.611. The van der Waals surface area contributed by atoms with Crippen molar-refractivity contribution in [2.24, 2.45) is 5.92 Å². The van der Waals surface area contributed by atoms with Crippen molar-refractivity contribution in [3.8, 4) is 11.5 Å². The van der Waals surface area contributed by atoms with Crippen LogP contribution < -0.4 is 20.1 Å². The first-order chi connectivity index (χ1) is 11.6. The van der Waals surface area contributed by atoms with Crippen molar-refractivity contribution in [3.05, 3.63) is 18.2 Å². The Labute approximate surface area is 150 Å². The van der Waals surface area contributed by atoms with Crippen molar-refractivity contribution in [2.45, 2.75) is 26.2 Å². The molecule has 1 fully saturated rings. The summed E-state index contributed by atoms with van der Waals surface area (Å²) in [6.07, 6.45) is 3.79. The lowest BCUT2D eigenvalue weighted by molar-refractivity contribution is 0.182. The zero-order chi connectivity index (χ0) is 17.4. The molecule has 1 aromatic rings. The molecule has 1 atom stereocenters. The summed E-state index contributed by atoms with van der Waals surface area (Å²) < 4.78 is 10.5. The van der Waals surface area contributed by atoms with Gasteiger partial charge in [-0.15, -0.1) is 0 Å². The zero-order valence-electron chi connectivity index (χ0n) is 14.9. The van der Waals surface area contributed by atoms with Crippen LogP contribution >= 0.6 is 12.2 Å². The van der Waals surface area contributed by atoms with E-state index in [-0.39, 0.29) is 0 Å². The van der Waals surface area contributed by atoms with Crippen LogP contribution in [-0.4, -0.2) is 50.4 Å². The minimum atomic E-state index is 0.634. The van der Waals surface area contributed by atoms with E-state index in [9.17, 15) is 0 Å². The first kappa shape index (κ1) is 18.8. The lowest BCUT2D eigenvalue weighted by Gasteiger charge is -2.30. The molecule has 2 rings (SSSR count). The van der Waals surface area contributed by atoms with Gasteiger partial charge in [0.25, 0.3) is 0 Å². The Morgan fingerprint density at radius 3 is 2.79 bits per heavy atom. The lowest BCUT2D eigenvalue weighted by Crippen LogP contribution is -2.37. The van der Waals surface area contributed by atoms with Crippen molar-refractivity contribution in [1.29, 1.82) is 0 Å². The molecule has 1 aromatic carbocycles. The van der Waals surface area contributed by atoms with E-state index >= 15 is 0 Å². The maximum atomic E-state index is 5.36. The highest BCUT2D eigenvalue weighted by atomic mass is 32.1. The molecule has 0 spiro atoms. The number of nitrogens with zero attached hydrogens (tertiary/aromatic N) is 1. The quantitative estimate of drug-likeness (QED) is 0.581. The molecular formula is C18H29N3O2S. The molecule has 0 bridgehead atoms. The van der Waals surface area contributed by atoms with Crippen molar-refractivity contribution in [2.75, 3.05) is 45.7 Å². The minimum absolute atomic E-state index is 0.634. The van der Waals surface area contributed by atoms with Gasteiger partial charge in [-0.2, -0.15) is 0 Å². The molecular weight excluding hydrogens is 322 g/mol. The molecule has 0 radical (unpaired) electrons. The van der Waals surface area contributed by atoms with E-state index in [0.717, 1.165) is 31.1 Å². The Morgan fingerprint density at radius 2 is 2.08 bits per heavy atom. The number of benzene rings is 1. The van der Waals surface area contributed by atoms with Crippen LogP contribution in [0.1, 0.15) is 26.2 Å². The summed E-state index contributed by atoms with van der Waals surface area (Å²) in [5.74, 6) is 2.22. The second-order valence-electron chi connectivity index (χ2n) is 6.35. The third-order valence-corrected chi connectivity index (χ3v) is 4.57. The number of hydrogen-bond acceptors (Lipinski definition) is 4. The third kappa shape index (κ3) is 5.83. The van der Waals surface area contributed by atoms with Gasteiger partial charge >= 0.3 is 0 Å². The Bertz CT molecular complexity index is 539. The molecule has 0 amide bonds. The molecule has 1 heterocycles. The standard InChI is InChI=1S/C18H29N3O2S/c1-14-6-4-10-21(13-14)11-5-9-19-18(24)20-15-7-8-16(22-2)17(12-15)23-3/h7-8,12,14H,4-6,9-11,13H2,1-3H3,(H2,19,20,24)/t14-/m1/s1. The summed E-state index contributed by atoms with van der Waals surface area (Å²) in [4.78, 5) is 2.56. The average Bonchev–Trinajstić information content (AvgIpc) is 2.58. The smallest absolute Gasteiger partial charge is 0.170 e. The van der Waals surface area contributed by atoms with Crippen molar-refractivity contribution >= 4 is 23.0 Å². The molecule has 0 aliphatic carbocycles. The number of hydrogen-bond donors (Lipinski definition) is 2. The van der Waals surface area contributed by atoms with Crippen LogP contribution in [0.25, 0.3) is 0 Å². The highest BCUT2D eigenvalue weighted by molar-refractivity contribution is 7.80. The maximum Gasteiger partial charge on any atom is 0.170 e. The van der Waals surface area contributed by atoms with E-state index < -0.39 is 0 Å². The number of likely N-dealkylation sites (tertiary alicyclic amines) is 1. The Balaban J connectivity index is 1.69. The summed E-state index contributed by atoms with van der Waals surface area (Å²) in [5.41, 5.74) is 0.884. The predicted octanol–water partition coefficient (Wildman–Crippen LogP) is 3.11. The molecule has 24 heavy (non-hydrogen) atoms. The summed E-state index contributed by atoms with van der Waals surface area (Å²) in [7, 11) is 3.25. The molecule has 6 heteroatoms. The number of piperidine rings is 1. The minimum Gasteiger partial charge on any atom is -0.493 e. The third-order valence-electron chi connectivity index (χ3n) is 4.32. The van der Waals surface area contributed by atoms with Gasteiger partial charge in [-0.05, 0) is 62.6 Å². The van der Waals surface area contributed by atoms with Crippen molar-refractivity contribution in [1.82, 2.24) is 10.2 Å². The van der Waals surface area contributed by atoms with Gasteiger partial charge in [-0.3, -0.25) is 0 Å². The summed E-state index contributed by atoms with van der Waals surface area (Å²) >= 11 is 5.36. The van der Waals surface area contributed by atoms with E-state index in [0.29, 0.717) is 16.6 Å². The zero-order valence-corrected chi connectivity index (χ0v) is 15.7. The van der Waals surface area contributed by atoms with Crippen molar-refractivity contribution < 1.29 is 9.47 Å². The second-order valence-corrected chi connectivity index (χ2v) is 6.76. The topological polar surface area (TPSA) is 45.8 Å². The van der Waals surface area contributed by atoms with E-state index in [4.69, 9.17) is 21.7 Å². The molecule has 0 aromatic heterocycles. The van der Waals surface area contributed by atoms with Crippen LogP contribution in [-0.2, 0) is 0 Å². The number of rotatable bonds is 7. The molecule has 1 aliphatic heterocycles. The van der Waals surface area contributed by atoms with E-state index in [1.54, 1.807) is 14.2 Å². The van der Waals surface area contributed by atoms with E-state index in [1.807, 2.05) is 18.2 Å². The number of methoxy groups -OCH3 is 2. The Hall–Kier alpha value is -1.53. The van der Waals surface area contributed by atoms with Gasteiger partial charge in [0.15, 0.2) is 16.6 Å². The highest BCUT2D eigenvalue weighted by Crippen LogP contribution is 2.29. The van der Waals surface area contributed by atoms with Crippen LogP contribution in [0.2, 0.25) is 0 Å². The van der Waals surface area contributed by atoms with E-state index in [2.05, 4.69) is 22.5 Å². The first-order valence-electron chi connectivity index (χ1n) is 8.61. The monoisotopic (exact) mass is 351 g/mol. The van der Waals surface area contributed by atoms with Gasteiger partial charge in [0.05, 0.1) is 14.2 Å². The molecule has 1 saturated heterocycles. The van der Waals surface area contributed by atoms with Crippen LogP contribution in [0.4, 0.5) is 5.69 Å². The second kappa shape index (κ2) is 9.69. The molecule has 1 aliphatic rings. The molecule has 134 valence electrons. The molecule has 2 N–H and O–H groups in total. The van der Waals surface area contributed by atoms with Gasteiger partial charge in [0, 0.05) is 24.8 Å². The van der Waals surface area contributed by atoms with Gasteiger partial charge in [0.1, 0.15) is 0 Å². The first-order valence-corrected chi connectivity index (χ1v) is 9.02. The normalized spacial score (nSPS) is 18.0. The number of ether oxygens (including phenoxy) is 2. The molecule has 5 nitrogen and oxygen atoms in total. The van der Waals surface area contributed by atoms with Crippen LogP contribution in [0.5, 0.6) is 11.5 Å². The average molecular weight is 352 g/mol. The fourth-order valence-electron chi connectivity index (χ4n) is 3.08. The summed E-state index contributed by atoms with van der Waals surface area (Å²) in [6, 6.07) is 5.66. The predicted molar refractivity (Wildman–Crippen MR) is 103 cm³/mol. The van der Waals surface area contributed by atoms with Crippen molar-refractivity contribution in [3.63, 3.8) is 0 Å². The fourth-order valence-corrected chi connectivity index (χ4v) is 3.30. The molecule has 0 unspecified atom stereocenters. The van der Waals surface area contributed by atoms with Crippen LogP contribution in [0.15, 0.2) is 18.2 Å². The maximum absolute atomic E-state index is 5.36. The highest BCUT2D eigenvalue weighted by Gasteiger charge is 2.15. The van der Waals surface area contributed by atoms with E-state index in [1.165, 1.54) is 25.9 Å². The largest absolute Gasteiger partial charge is 0.493 e. The Kier molecular flexibility index (Phi) is 7.59. The van der Waals surface area contributed by atoms with Gasteiger partial charge in [0.2, 0.25) is 0 Å². The van der Waals surface area contributed by atoms with Gasteiger partial charge < -0.3 is 25.0 Å². The Morgan fingerprint density at radius 1 is 1.29 bits per heavy atom. The lowest BCUT2D eigenvalue weighted by atomic mass is 10.0. The SMILES string of the molecule is COc1ccc(NC(=S)NCCCN2CCC[C@@H](C)C2)cc1OC. The number of anilines is 1. The number of thiocarbonyl (C=S) groups is 1. The van der Waals surface area contributed by atoms with Gasteiger partial charge in [-0.1, -0.05) is 6.92 Å². The van der Waals surface area contributed by atoms with Crippen LogP contribution in [0.3, 0.4) is 0 Å². The summed E-state index contributed by atoms with van der Waals surface area (Å²) in [6.45, 7) is 6.82. The van der Waals surface area contributed by atoms with Crippen LogP contribution in [0, 0.1) is 5.92 Å². The molecule has 0 saturated carbocycles. The summed E-state index contributed by atoms with van der Waals surface area (Å²) in [5, 5.41) is 7.09. The number of nitrogens with one attached hydrogen (secondary N) is 2. The van der Waals surface area contributed by atoms with Gasteiger partial charge in [-0.25, -0.2) is 0 Å².